The maximum absolute atomic E-state index is 5.65. The number of hydrogen-bond acceptors (Lipinski definition) is 4. The highest BCUT2D eigenvalue weighted by Gasteiger charge is 2.37. The second kappa shape index (κ2) is 5.59. The molecule has 4 heterocycles. The van der Waals surface area contributed by atoms with Crippen LogP contribution in [-0.4, -0.2) is 61.7 Å². The summed E-state index contributed by atoms with van der Waals surface area (Å²) in [5, 5.41) is 3.74. The molecule has 2 bridgehead atoms. The minimum Gasteiger partial charge on any atom is -0.493 e. The first-order chi connectivity index (χ1) is 10.3. The first kappa shape index (κ1) is 13.6. The van der Waals surface area contributed by atoms with Crippen molar-refractivity contribution in [3.8, 4) is 5.75 Å². The second-order valence-corrected chi connectivity index (χ2v) is 6.40. The van der Waals surface area contributed by atoms with Crippen LogP contribution in [0, 0.1) is 0 Å². The minimum atomic E-state index is 0.434. The molecule has 4 nitrogen and oxygen atoms in total. The molecule has 2 unspecified atom stereocenters. The molecule has 4 heteroatoms. The molecule has 4 aliphatic rings. The minimum absolute atomic E-state index is 0.434. The normalized spacial score (nSPS) is 31.8. The number of likely N-dealkylation sites (N-methyl/N-ethyl adjacent to an activating group) is 1. The van der Waals surface area contributed by atoms with Gasteiger partial charge in [-0.25, -0.2) is 0 Å². The highest BCUT2D eigenvalue weighted by Crippen LogP contribution is 2.32. The van der Waals surface area contributed by atoms with Crippen molar-refractivity contribution in [1.29, 1.82) is 0 Å². The van der Waals surface area contributed by atoms with Crippen molar-refractivity contribution in [3.63, 3.8) is 0 Å². The van der Waals surface area contributed by atoms with Crippen molar-refractivity contribution < 1.29 is 4.74 Å². The van der Waals surface area contributed by atoms with E-state index in [0.29, 0.717) is 12.1 Å². The molecule has 114 valence electrons. The van der Waals surface area contributed by atoms with E-state index in [-0.39, 0.29) is 0 Å². The molecule has 21 heavy (non-hydrogen) atoms. The van der Waals surface area contributed by atoms with Gasteiger partial charge in [0, 0.05) is 51.2 Å². The number of nitrogens with one attached hydrogen (secondary N) is 1. The summed E-state index contributed by atoms with van der Waals surface area (Å²) in [5.74, 6) is 1.09. The lowest BCUT2D eigenvalue weighted by Crippen LogP contribution is -2.63. The van der Waals surface area contributed by atoms with E-state index in [1.54, 1.807) is 0 Å². The highest BCUT2D eigenvalue weighted by molar-refractivity contribution is 5.41. The van der Waals surface area contributed by atoms with Crippen LogP contribution in [0.25, 0.3) is 0 Å². The molecule has 2 atom stereocenters. The summed E-state index contributed by atoms with van der Waals surface area (Å²) >= 11 is 0. The van der Waals surface area contributed by atoms with E-state index in [1.807, 2.05) is 0 Å². The topological polar surface area (TPSA) is 27.7 Å². The highest BCUT2D eigenvalue weighted by atomic mass is 16.5. The van der Waals surface area contributed by atoms with Crippen molar-refractivity contribution in [2.24, 2.45) is 0 Å². The Bertz CT molecular complexity index is 511. The summed E-state index contributed by atoms with van der Waals surface area (Å²) in [6.45, 7) is 10.2. The zero-order valence-corrected chi connectivity index (χ0v) is 12.8. The lowest BCUT2D eigenvalue weighted by molar-refractivity contribution is -0.00343. The molecule has 5 rings (SSSR count). The van der Waals surface area contributed by atoms with Gasteiger partial charge in [-0.2, -0.15) is 0 Å². The van der Waals surface area contributed by atoms with Crippen molar-refractivity contribution in [2.45, 2.75) is 25.4 Å². The Morgan fingerprint density at radius 3 is 2.86 bits per heavy atom. The van der Waals surface area contributed by atoms with Gasteiger partial charge >= 0.3 is 0 Å². The van der Waals surface area contributed by atoms with Crippen LogP contribution < -0.4 is 10.1 Å². The molecule has 1 aromatic rings. The largest absolute Gasteiger partial charge is 0.493 e. The average molecular weight is 287 g/mol. The van der Waals surface area contributed by atoms with Gasteiger partial charge in [0.1, 0.15) is 5.75 Å². The number of hydrogen-bond donors (Lipinski definition) is 1. The summed E-state index contributed by atoms with van der Waals surface area (Å²) in [6.07, 6.45) is 1.06. The summed E-state index contributed by atoms with van der Waals surface area (Å²) in [4.78, 5) is 5.29. The van der Waals surface area contributed by atoms with Crippen LogP contribution in [-0.2, 0) is 6.42 Å². The molecule has 0 amide bonds. The molecule has 0 aliphatic carbocycles. The van der Waals surface area contributed by atoms with E-state index in [1.165, 1.54) is 43.9 Å². The van der Waals surface area contributed by atoms with E-state index >= 15 is 0 Å². The van der Waals surface area contributed by atoms with E-state index < -0.39 is 0 Å². The smallest absolute Gasteiger partial charge is 0.122 e. The first-order valence-corrected chi connectivity index (χ1v) is 8.30. The van der Waals surface area contributed by atoms with Gasteiger partial charge in [-0.15, -0.1) is 0 Å². The zero-order chi connectivity index (χ0) is 14.2. The van der Waals surface area contributed by atoms with Crippen LogP contribution in [0.5, 0.6) is 5.75 Å². The molecular formula is C17H25N3O. The third-order valence-electron chi connectivity index (χ3n) is 5.20. The number of piperazine rings is 3. The average Bonchev–Trinajstić information content (AvgIpc) is 3.01. The van der Waals surface area contributed by atoms with E-state index in [0.717, 1.165) is 25.3 Å². The lowest BCUT2D eigenvalue weighted by atomic mass is 9.92. The molecular weight excluding hydrogens is 262 g/mol. The van der Waals surface area contributed by atoms with E-state index in [9.17, 15) is 0 Å². The van der Waals surface area contributed by atoms with Gasteiger partial charge < -0.3 is 10.1 Å². The maximum atomic E-state index is 5.65. The number of rotatable bonds is 4. The number of ether oxygens (including phenoxy) is 1. The monoisotopic (exact) mass is 287 g/mol. The molecule has 0 aromatic heterocycles. The Labute approximate surface area is 127 Å². The third kappa shape index (κ3) is 2.45. The van der Waals surface area contributed by atoms with Gasteiger partial charge in [0.15, 0.2) is 0 Å². The van der Waals surface area contributed by atoms with Crippen LogP contribution in [0.1, 0.15) is 24.1 Å². The predicted octanol–water partition coefficient (Wildman–Crippen LogP) is 1.27. The summed E-state index contributed by atoms with van der Waals surface area (Å²) in [7, 11) is 0. The summed E-state index contributed by atoms with van der Waals surface area (Å²) < 4.78 is 5.65. The Hall–Kier alpha value is -1.10. The Kier molecular flexibility index (Phi) is 3.61. The molecule has 0 radical (unpaired) electrons. The van der Waals surface area contributed by atoms with Crippen molar-refractivity contribution in [3.05, 3.63) is 29.3 Å². The fourth-order valence-corrected chi connectivity index (χ4v) is 4.07. The quantitative estimate of drug-likeness (QED) is 0.903. The Morgan fingerprint density at radius 1 is 1.29 bits per heavy atom. The van der Waals surface area contributed by atoms with Crippen molar-refractivity contribution >= 4 is 0 Å². The second-order valence-electron chi connectivity index (χ2n) is 6.40. The lowest BCUT2D eigenvalue weighted by Gasteiger charge is -2.50. The number of nitrogens with zero attached hydrogens (tertiary/aromatic N) is 2. The van der Waals surface area contributed by atoms with Crippen molar-refractivity contribution in [1.82, 2.24) is 15.1 Å². The Morgan fingerprint density at radius 2 is 2.14 bits per heavy atom. The van der Waals surface area contributed by atoms with E-state index in [4.69, 9.17) is 4.74 Å². The summed E-state index contributed by atoms with van der Waals surface area (Å²) in [6, 6.07) is 7.83. The van der Waals surface area contributed by atoms with Crippen LogP contribution >= 0.6 is 0 Å². The molecule has 4 aliphatic heterocycles. The maximum Gasteiger partial charge on any atom is 0.122 e. The number of fused-ring (bicyclic) bond motifs is 4. The molecule has 3 fully saturated rings. The molecule has 1 N–H and O–H groups in total. The fraction of sp³-hybridized carbons (Fsp3) is 0.647. The molecule has 0 saturated carbocycles. The van der Waals surface area contributed by atoms with Gasteiger partial charge in [-0.1, -0.05) is 19.1 Å². The van der Waals surface area contributed by atoms with Gasteiger partial charge in [0.05, 0.1) is 6.61 Å². The van der Waals surface area contributed by atoms with Gasteiger partial charge in [0.2, 0.25) is 0 Å². The first-order valence-electron chi connectivity index (χ1n) is 8.30. The SMILES string of the molecule is CCNC(c1ccc2c(c1)CCO2)C1CN2CCN1CC2. The van der Waals surface area contributed by atoms with Gasteiger partial charge in [-0.3, -0.25) is 9.80 Å². The summed E-state index contributed by atoms with van der Waals surface area (Å²) in [5.41, 5.74) is 2.81. The van der Waals surface area contributed by atoms with E-state index in [2.05, 4.69) is 40.2 Å². The Balaban J connectivity index is 1.62. The van der Waals surface area contributed by atoms with Crippen LogP contribution in [0.2, 0.25) is 0 Å². The number of benzene rings is 1. The fourth-order valence-electron chi connectivity index (χ4n) is 4.07. The molecule has 1 aromatic carbocycles. The van der Waals surface area contributed by atoms with Crippen molar-refractivity contribution in [2.75, 3.05) is 45.9 Å². The van der Waals surface area contributed by atoms with Crippen LogP contribution in [0.3, 0.4) is 0 Å². The zero-order valence-electron chi connectivity index (χ0n) is 12.8. The van der Waals surface area contributed by atoms with Gasteiger partial charge in [0.25, 0.3) is 0 Å². The van der Waals surface area contributed by atoms with Crippen LogP contribution in [0.15, 0.2) is 18.2 Å². The third-order valence-corrected chi connectivity index (χ3v) is 5.20. The predicted molar refractivity (Wildman–Crippen MR) is 83.9 cm³/mol. The standard InChI is InChI=1S/C17H25N3O/c1-2-18-17(15-12-19-6-8-20(15)9-7-19)14-3-4-16-13(11-14)5-10-21-16/h3-4,11,15,17-18H,2,5-10,12H2,1H3. The molecule has 3 saturated heterocycles. The van der Waals surface area contributed by atoms with Crippen LogP contribution in [0.4, 0.5) is 0 Å². The molecule has 0 spiro atoms. The van der Waals surface area contributed by atoms with Gasteiger partial charge in [-0.05, 0) is 23.7 Å².